The summed E-state index contributed by atoms with van der Waals surface area (Å²) >= 11 is 3.34. The highest BCUT2D eigenvalue weighted by molar-refractivity contribution is 9.09. The normalized spacial score (nSPS) is 14.0. The van der Waals surface area contributed by atoms with Gasteiger partial charge >= 0.3 is 0 Å². The average molecular weight is 305 g/mol. The third kappa shape index (κ3) is 3.04. The van der Waals surface area contributed by atoms with Crippen molar-refractivity contribution in [3.63, 3.8) is 0 Å². The lowest BCUT2D eigenvalue weighted by atomic mass is 10.1. The SMILES string of the molecule is COc1cc(C(O)C(C)Br)cc(OC)c1OC. The average Bonchev–Trinajstić information content (AvgIpc) is 2.35. The fourth-order valence-corrected chi connectivity index (χ4v) is 1.84. The predicted octanol–water partition coefficient (Wildman–Crippen LogP) is 2.53. The third-order valence-electron chi connectivity index (χ3n) is 2.46. The molecule has 0 amide bonds. The van der Waals surface area contributed by atoms with E-state index in [0.29, 0.717) is 22.8 Å². The predicted molar refractivity (Wildman–Crippen MR) is 69.4 cm³/mol. The maximum Gasteiger partial charge on any atom is 0.203 e. The van der Waals surface area contributed by atoms with E-state index in [1.165, 1.54) is 0 Å². The van der Waals surface area contributed by atoms with Crippen LogP contribution in [0.15, 0.2) is 12.1 Å². The molecular formula is C12H17BrO4. The molecule has 0 aliphatic carbocycles. The van der Waals surface area contributed by atoms with Crippen molar-refractivity contribution in [3.05, 3.63) is 17.7 Å². The zero-order valence-corrected chi connectivity index (χ0v) is 11.9. The number of benzene rings is 1. The molecule has 17 heavy (non-hydrogen) atoms. The molecule has 0 bridgehead atoms. The Kier molecular flexibility index (Phi) is 5.08. The molecule has 0 spiro atoms. The number of ether oxygens (including phenoxy) is 3. The van der Waals surface area contributed by atoms with Crippen LogP contribution in [0.2, 0.25) is 0 Å². The number of methoxy groups -OCH3 is 3. The first-order valence-corrected chi connectivity index (χ1v) is 6.08. The molecule has 96 valence electrons. The molecule has 2 unspecified atom stereocenters. The van der Waals surface area contributed by atoms with E-state index in [9.17, 15) is 5.11 Å². The van der Waals surface area contributed by atoms with E-state index in [-0.39, 0.29) is 4.83 Å². The molecule has 0 saturated heterocycles. The lowest BCUT2D eigenvalue weighted by Gasteiger charge is -2.18. The molecule has 0 fully saturated rings. The molecule has 5 heteroatoms. The van der Waals surface area contributed by atoms with Crippen LogP contribution >= 0.6 is 15.9 Å². The van der Waals surface area contributed by atoms with Crippen LogP contribution in [0.3, 0.4) is 0 Å². The molecule has 0 heterocycles. The number of aliphatic hydroxyl groups excluding tert-OH is 1. The van der Waals surface area contributed by atoms with Crippen LogP contribution in [-0.2, 0) is 0 Å². The van der Waals surface area contributed by atoms with E-state index in [1.54, 1.807) is 33.5 Å². The second kappa shape index (κ2) is 6.12. The van der Waals surface area contributed by atoms with E-state index >= 15 is 0 Å². The van der Waals surface area contributed by atoms with Crippen molar-refractivity contribution in [2.45, 2.75) is 17.9 Å². The lowest BCUT2D eigenvalue weighted by Crippen LogP contribution is -2.08. The molecule has 0 aliphatic rings. The Morgan fingerprint density at radius 2 is 1.53 bits per heavy atom. The zero-order chi connectivity index (χ0) is 13.0. The molecule has 0 aliphatic heterocycles. The van der Waals surface area contributed by atoms with Crippen molar-refractivity contribution in [2.75, 3.05) is 21.3 Å². The summed E-state index contributed by atoms with van der Waals surface area (Å²) in [4.78, 5) is -0.0645. The van der Waals surface area contributed by atoms with Crippen LogP contribution in [-0.4, -0.2) is 31.3 Å². The molecule has 1 aromatic carbocycles. The first kappa shape index (κ1) is 14.1. The molecule has 1 N–H and O–H groups in total. The maximum absolute atomic E-state index is 10.0. The second-order valence-corrected chi connectivity index (χ2v) is 5.03. The third-order valence-corrected chi connectivity index (χ3v) is 2.96. The van der Waals surface area contributed by atoms with Crippen molar-refractivity contribution in [2.24, 2.45) is 0 Å². The van der Waals surface area contributed by atoms with Crippen LogP contribution in [0.5, 0.6) is 17.2 Å². The minimum atomic E-state index is -0.635. The van der Waals surface area contributed by atoms with Crippen molar-refractivity contribution in [1.29, 1.82) is 0 Å². The Balaban J connectivity index is 3.27. The van der Waals surface area contributed by atoms with Crippen LogP contribution in [0.4, 0.5) is 0 Å². The van der Waals surface area contributed by atoms with Gasteiger partial charge in [-0.15, -0.1) is 0 Å². The van der Waals surface area contributed by atoms with Crippen molar-refractivity contribution in [1.82, 2.24) is 0 Å². The van der Waals surface area contributed by atoms with Gasteiger partial charge in [0.15, 0.2) is 11.5 Å². The fourth-order valence-electron chi connectivity index (χ4n) is 1.54. The summed E-state index contributed by atoms with van der Waals surface area (Å²) in [6, 6.07) is 3.48. The summed E-state index contributed by atoms with van der Waals surface area (Å²) in [5.74, 6) is 1.59. The minimum absolute atomic E-state index is 0.0645. The van der Waals surface area contributed by atoms with Gasteiger partial charge in [0.25, 0.3) is 0 Å². The molecule has 4 nitrogen and oxygen atoms in total. The first-order valence-electron chi connectivity index (χ1n) is 5.17. The van der Waals surface area contributed by atoms with Crippen LogP contribution in [0.25, 0.3) is 0 Å². The second-order valence-electron chi connectivity index (χ2n) is 3.58. The Labute approximate surface area is 110 Å². The van der Waals surface area contributed by atoms with Gasteiger partial charge in [-0.05, 0) is 24.6 Å². The Morgan fingerprint density at radius 3 is 1.82 bits per heavy atom. The largest absolute Gasteiger partial charge is 0.493 e. The lowest BCUT2D eigenvalue weighted by molar-refractivity contribution is 0.180. The van der Waals surface area contributed by atoms with Gasteiger partial charge in [0, 0.05) is 4.83 Å². The topological polar surface area (TPSA) is 47.9 Å². The van der Waals surface area contributed by atoms with Gasteiger partial charge < -0.3 is 19.3 Å². The molecule has 1 aromatic rings. The van der Waals surface area contributed by atoms with Gasteiger partial charge in [-0.2, -0.15) is 0 Å². The molecule has 1 rings (SSSR count). The van der Waals surface area contributed by atoms with Crippen LogP contribution < -0.4 is 14.2 Å². The number of rotatable bonds is 5. The summed E-state index contributed by atoms with van der Waals surface area (Å²) < 4.78 is 15.6. The molecule has 2 atom stereocenters. The highest BCUT2D eigenvalue weighted by Crippen LogP contribution is 2.40. The fraction of sp³-hybridized carbons (Fsp3) is 0.500. The van der Waals surface area contributed by atoms with Crippen LogP contribution in [0.1, 0.15) is 18.6 Å². The highest BCUT2D eigenvalue weighted by atomic mass is 79.9. The quantitative estimate of drug-likeness (QED) is 0.849. The maximum atomic E-state index is 10.0. The van der Waals surface area contributed by atoms with Crippen molar-refractivity contribution < 1.29 is 19.3 Å². The van der Waals surface area contributed by atoms with E-state index in [0.717, 1.165) is 0 Å². The summed E-state index contributed by atoms with van der Waals surface area (Å²) in [7, 11) is 4.64. The Bertz CT molecular complexity index is 354. The van der Waals surface area contributed by atoms with Crippen molar-refractivity contribution in [3.8, 4) is 17.2 Å². The van der Waals surface area contributed by atoms with Gasteiger partial charge in [0.2, 0.25) is 5.75 Å². The zero-order valence-electron chi connectivity index (χ0n) is 10.4. The van der Waals surface area contributed by atoms with E-state index in [4.69, 9.17) is 14.2 Å². The Hall–Kier alpha value is -0.940. The summed E-state index contributed by atoms with van der Waals surface area (Å²) in [5, 5.41) is 10.0. The molecule has 0 saturated carbocycles. The first-order chi connectivity index (χ1) is 8.04. The van der Waals surface area contributed by atoms with Crippen molar-refractivity contribution >= 4 is 15.9 Å². The summed E-state index contributed by atoms with van der Waals surface area (Å²) in [5.41, 5.74) is 0.712. The number of hydrogen-bond acceptors (Lipinski definition) is 4. The Morgan fingerprint density at radius 1 is 1.06 bits per heavy atom. The minimum Gasteiger partial charge on any atom is -0.493 e. The monoisotopic (exact) mass is 304 g/mol. The van der Waals surface area contributed by atoms with Gasteiger partial charge in [0.1, 0.15) is 0 Å². The molecule has 0 aromatic heterocycles. The number of hydrogen-bond donors (Lipinski definition) is 1. The van der Waals surface area contributed by atoms with E-state index < -0.39 is 6.10 Å². The van der Waals surface area contributed by atoms with Gasteiger partial charge in [0.05, 0.1) is 27.4 Å². The summed E-state index contributed by atoms with van der Waals surface area (Å²) in [6.45, 7) is 1.87. The molecular weight excluding hydrogens is 288 g/mol. The van der Waals surface area contributed by atoms with Gasteiger partial charge in [-0.3, -0.25) is 0 Å². The van der Waals surface area contributed by atoms with Gasteiger partial charge in [-0.1, -0.05) is 15.9 Å². The highest BCUT2D eigenvalue weighted by Gasteiger charge is 2.19. The number of alkyl halides is 1. The summed E-state index contributed by atoms with van der Waals surface area (Å²) in [6.07, 6.45) is -0.635. The standard InChI is InChI=1S/C12H17BrO4/c1-7(13)11(14)8-5-9(15-2)12(17-4)10(6-8)16-3/h5-7,11,14H,1-4H3. The van der Waals surface area contributed by atoms with E-state index in [1.807, 2.05) is 6.92 Å². The smallest absolute Gasteiger partial charge is 0.203 e. The molecule has 0 radical (unpaired) electrons. The van der Waals surface area contributed by atoms with Crippen LogP contribution in [0, 0.1) is 0 Å². The van der Waals surface area contributed by atoms with E-state index in [2.05, 4.69) is 15.9 Å². The van der Waals surface area contributed by atoms with Gasteiger partial charge in [-0.25, -0.2) is 0 Å². The number of aliphatic hydroxyl groups is 1. The number of halogens is 1.